The average molecular weight is 294 g/mol. The first kappa shape index (κ1) is 14.7. The second-order valence-electron chi connectivity index (χ2n) is 4.56. The van der Waals surface area contributed by atoms with Gasteiger partial charge in [0, 0.05) is 25.0 Å². The zero-order chi connectivity index (χ0) is 14.6. The van der Waals surface area contributed by atoms with E-state index in [1.807, 2.05) is 29.9 Å². The minimum Gasteiger partial charge on any atom is -0.308 e. The third-order valence-corrected chi connectivity index (χ3v) is 3.95. The number of aromatic nitrogens is 2. The van der Waals surface area contributed by atoms with Gasteiger partial charge in [-0.05, 0) is 30.7 Å². The molecule has 0 bridgehead atoms. The molecule has 0 saturated carbocycles. The van der Waals surface area contributed by atoms with E-state index in [2.05, 4.69) is 10.4 Å². The molecule has 0 aliphatic carbocycles. The number of hydrogen-bond acceptors (Lipinski definition) is 4. The van der Waals surface area contributed by atoms with Crippen molar-refractivity contribution in [2.24, 2.45) is 5.14 Å². The third kappa shape index (κ3) is 3.89. The highest BCUT2D eigenvalue weighted by Gasteiger charge is 2.11. The molecule has 6 nitrogen and oxygen atoms in total. The minimum atomic E-state index is -3.66. The molecule has 1 aromatic heterocycles. The summed E-state index contributed by atoms with van der Waals surface area (Å²) in [5.74, 6) is 0. The zero-order valence-corrected chi connectivity index (χ0v) is 12.0. The van der Waals surface area contributed by atoms with Crippen molar-refractivity contribution >= 4 is 10.0 Å². The molecule has 0 spiro atoms. The molecule has 1 atom stereocenters. The van der Waals surface area contributed by atoms with Crippen LogP contribution in [-0.2, 0) is 16.6 Å². The lowest BCUT2D eigenvalue weighted by Gasteiger charge is -2.15. The Balaban J connectivity index is 1.97. The number of primary sulfonamides is 1. The van der Waals surface area contributed by atoms with Crippen LogP contribution in [0.15, 0.2) is 47.6 Å². The van der Waals surface area contributed by atoms with Crippen LogP contribution in [0, 0.1) is 0 Å². The van der Waals surface area contributed by atoms with Crippen molar-refractivity contribution < 1.29 is 8.42 Å². The van der Waals surface area contributed by atoms with E-state index in [0.717, 1.165) is 18.7 Å². The lowest BCUT2D eigenvalue weighted by atomic mass is 10.1. The predicted octanol–water partition coefficient (Wildman–Crippen LogP) is 0.881. The van der Waals surface area contributed by atoms with Gasteiger partial charge in [0.2, 0.25) is 10.0 Å². The number of sulfonamides is 1. The molecule has 2 rings (SSSR count). The predicted molar refractivity (Wildman–Crippen MR) is 76.5 cm³/mol. The smallest absolute Gasteiger partial charge is 0.238 e. The van der Waals surface area contributed by atoms with Crippen molar-refractivity contribution in [3.05, 3.63) is 48.3 Å². The van der Waals surface area contributed by atoms with Gasteiger partial charge in [0.25, 0.3) is 0 Å². The summed E-state index contributed by atoms with van der Waals surface area (Å²) < 4.78 is 24.5. The molecule has 20 heavy (non-hydrogen) atoms. The SMILES string of the molecule is CC(NCCn1cccn1)c1cccc(S(N)(=O)=O)c1. The van der Waals surface area contributed by atoms with Gasteiger partial charge in [-0.2, -0.15) is 5.10 Å². The Bertz CT molecular complexity index is 653. The van der Waals surface area contributed by atoms with Gasteiger partial charge in [-0.15, -0.1) is 0 Å². The number of nitrogens with two attached hydrogens (primary N) is 1. The van der Waals surface area contributed by atoms with Crippen molar-refractivity contribution in [3.8, 4) is 0 Å². The van der Waals surface area contributed by atoms with Crippen molar-refractivity contribution in [2.45, 2.75) is 24.4 Å². The van der Waals surface area contributed by atoms with Gasteiger partial charge in [0.1, 0.15) is 0 Å². The summed E-state index contributed by atoms with van der Waals surface area (Å²) in [6.45, 7) is 3.47. The van der Waals surface area contributed by atoms with Crippen LogP contribution in [0.25, 0.3) is 0 Å². The van der Waals surface area contributed by atoms with Gasteiger partial charge >= 0.3 is 0 Å². The molecule has 7 heteroatoms. The molecule has 0 fully saturated rings. The van der Waals surface area contributed by atoms with Crippen molar-refractivity contribution in [1.82, 2.24) is 15.1 Å². The van der Waals surface area contributed by atoms with E-state index in [0.29, 0.717) is 0 Å². The molecule has 0 aliphatic heterocycles. The topological polar surface area (TPSA) is 90.0 Å². The lowest BCUT2D eigenvalue weighted by Crippen LogP contribution is -2.24. The molecule has 0 saturated heterocycles. The molecule has 2 aromatic rings. The summed E-state index contributed by atoms with van der Waals surface area (Å²) in [7, 11) is -3.66. The van der Waals surface area contributed by atoms with Crippen LogP contribution in [0.4, 0.5) is 0 Å². The zero-order valence-electron chi connectivity index (χ0n) is 11.2. The summed E-state index contributed by atoms with van der Waals surface area (Å²) in [5.41, 5.74) is 0.886. The van der Waals surface area contributed by atoms with Crippen LogP contribution in [0.1, 0.15) is 18.5 Å². The van der Waals surface area contributed by atoms with Crippen molar-refractivity contribution in [2.75, 3.05) is 6.54 Å². The van der Waals surface area contributed by atoms with Crippen LogP contribution in [0.3, 0.4) is 0 Å². The van der Waals surface area contributed by atoms with E-state index in [4.69, 9.17) is 5.14 Å². The maximum absolute atomic E-state index is 11.3. The molecule has 0 radical (unpaired) electrons. The Morgan fingerprint density at radius 2 is 2.20 bits per heavy atom. The number of nitrogens with one attached hydrogen (secondary N) is 1. The fourth-order valence-corrected chi connectivity index (χ4v) is 2.48. The summed E-state index contributed by atoms with van der Waals surface area (Å²) >= 11 is 0. The molecule has 1 aromatic carbocycles. The molecule has 1 heterocycles. The quantitative estimate of drug-likeness (QED) is 0.827. The highest BCUT2D eigenvalue weighted by atomic mass is 32.2. The first-order chi connectivity index (χ1) is 9.47. The number of benzene rings is 1. The van der Waals surface area contributed by atoms with Gasteiger partial charge in [0.15, 0.2) is 0 Å². The summed E-state index contributed by atoms with van der Waals surface area (Å²) in [5, 5.41) is 12.6. The van der Waals surface area contributed by atoms with E-state index < -0.39 is 10.0 Å². The monoisotopic (exact) mass is 294 g/mol. The Labute approximate surface area is 118 Å². The Morgan fingerprint density at radius 1 is 1.40 bits per heavy atom. The van der Waals surface area contributed by atoms with Gasteiger partial charge in [0.05, 0.1) is 11.4 Å². The largest absolute Gasteiger partial charge is 0.308 e. The summed E-state index contributed by atoms with van der Waals surface area (Å²) in [4.78, 5) is 0.135. The van der Waals surface area contributed by atoms with Crippen LogP contribution in [-0.4, -0.2) is 24.7 Å². The van der Waals surface area contributed by atoms with Crippen molar-refractivity contribution in [3.63, 3.8) is 0 Å². The minimum absolute atomic E-state index is 0.0345. The van der Waals surface area contributed by atoms with E-state index in [9.17, 15) is 8.42 Å². The average Bonchev–Trinajstić information content (AvgIpc) is 2.91. The number of nitrogens with zero attached hydrogens (tertiary/aromatic N) is 2. The van der Waals surface area contributed by atoms with Gasteiger partial charge < -0.3 is 5.32 Å². The highest BCUT2D eigenvalue weighted by Crippen LogP contribution is 2.16. The Kier molecular flexibility index (Phi) is 4.53. The second kappa shape index (κ2) is 6.17. The molecule has 108 valence electrons. The van der Waals surface area contributed by atoms with Crippen LogP contribution in [0.2, 0.25) is 0 Å². The van der Waals surface area contributed by atoms with Crippen LogP contribution >= 0.6 is 0 Å². The van der Waals surface area contributed by atoms with Crippen LogP contribution < -0.4 is 10.5 Å². The summed E-state index contributed by atoms with van der Waals surface area (Å²) in [6.07, 6.45) is 3.63. The molecule has 0 aliphatic rings. The van der Waals surface area contributed by atoms with E-state index in [-0.39, 0.29) is 10.9 Å². The molecule has 3 N–H and O–H groups in total. The van der Waals surface area contributed by atoms with Gasteiger partial charge in [-0.1, -0.05) is 12.1 Å². The van der Waals surface area contributed by atoms with Crippen LogP contribution in [0.5, 0.6) is 0 Å². The van der Waals surface area contributed by atoms with E-state index in [1.54, 1.807) is 18.3 Å². The fourth-order valence-electron chi connectivity index (χ4n) is 1.91. The number of rotatable bonds is 6. The van der Waals surface area contributed by atoms with E-state index in [1.165, 1.54) is 6.07 Å². The standard InChI is InChI=1S/C13H18N4O2S/c1-11(15-7-9-17-8-3-6-16-17)12-4-2-5-13(10-12)20(14,18)19/h2-6,8,10-11,15H,7,9H2,1H3,(H2,14,18,19). The maximum atomic E-state index is 11.3. The maximum Gasteiger partial charge on any atom is 0.238 e. The molecule has 0 amide bonds. The first-order valence-corrected chi connectivity index (χ1v) is 7.85. The van der Waals surface area contributed by atoms with Crippen molar-refractivity contribution in [1.29, 1.82) is 0 Å². The van der Waals surface area contributed by atoms with Gasteiger partial charge in [-0.25, -0.2) is 13.6 Å². The fraction of sp³-hybridized carbons (Fsp3) is 0.308. The third-order valence-electron chi connectivity index (χ3n) is 3.04. The van der Waals surface area contributed by atoms with E-state index >= 15 is 0 Å². The molecular weight excluding hydrogens is 276 g/mol. The summed E-state index contributed by atoms with van der Waals surface area (Å²) in [6, 6.07) is 8.57. The lowest BCUT2D eigenvalue weighted by molar-refractivity contribution is 0.507. The number of hydrogen-bond donors (Lipinski definition) is 2. The first-order valence-electron chi connectivity index (χ1n) is 6.30. The normalized spacial score (nSPS) is 13.3. The molecule has 1 unspecified atom stereocenters. The Morgan fingerprint density at radius 3 is 2.85 bits per heavy atom. The molecular formula is C13H18N4O2S. The van der Waals surface area contributed by atoms with Gasteiger partial charge in [-0.3, -0.25) is 4.68 Å². The highest BCUT2D eigenvalue weighted by molar-refractivity contribution is 7.89. The second-order valence-corrected chi connectivity index (χ2v) is 6.12. The Hall–Kier alpha value is -1.70.